The van der Waals surface area contributed by atoms with Gasteiger partial charge >= 0.3 is 5.97 Å². The van der Waals surface area contributed by atoms with Crippen LogP contribution >= 0.6 is 23.4 Å². The average molecular weight is 344 g/mol. The number of nitrogens with one attached hydrogen (secondary N) is 1. The van der Waals surface area contributed by atoms with Crippen molar-refractivity contribution in [2.45, 2.75) is 37.6 Å². The largest absolute Gasteiger partial charge is 0.465 e. The molecule has 1 unspecified atom stereocenters. The normalized spacial score (nSPS) is 12.4. The number of carbonyl (C=O) groups is 1. The standard InChI is InChI=1S/C13H18ClN5O2S/c1-5-8-9(14)10(19(4)18-8)11-15-13(17-16-11)22-7(3)12(20)21-6-2/h7H,5-6H2,1-4H3,(H,15,16,17). The average Bonchev–Trinajstić information content (AvgIpc) is 3.03. The van der Waals surface area contributed by atoms with Gasteiger partial charge in [0.2, 0.25) is 5.16 Å². The molecule has 2 aromatic heterocycles. The van der Waals surface area contributed by atoms with E-state index in [-0.39, 0.29) is 11.2 Å². The van der Waals surface area contributed by atoms with Gasteiger partial charge in [0.05, 0.1) is 17.3 Å². The second kappa shape index (κ2) is 7.15. The van der Waals surface area contributed by atoms with Crippen LogP contribution in [-0.2, 0) is 23.0 Å². The number of aromatic nitrogens is 5. The van der Waals surface area contributed by atoms with Crippen LogP contribution in [0.1, 0.15) is 26.5 Å². The van der Waals surface area contributed by atoms with Crippen LogP contribution in [0.5, 0.6) is 0 Å². The highest BCUT2D eigenvalue weighted by molar-refractivity contribution is 8.00. The first-order valence-electron chi connectivity index (χ1n) is 6.95. The lowest BCUT2D eigenvalue weighted by Crippen LogP contribution is -2.16. The van der Waals surface area contributed by atoms with Crippen LogP contribution in [0.25, 0.3) is 11.5 Å². The molecule has 7 nitrogen and oxygen atoms in total. The smallest absolute Gasteiger partial charge is 0.319 e. The summed E-state index contributed by atoms with van der Waals surface area (Å²) in [5.41, 5.74) is 1.49. The maximum Gasteiger partial charge on any atom is 0.319 e. The molecule has 120 valence electrons. The Bertz CT molecular complexity index is 669. The van der Waals surface area contributed by atoms with Crippen LogP contribution in [0.4, 0.5) is 0 Å². The number of hydrogen-bond donors (Lipinski definition) is 1. The Morgan fingerprint density at radius 1 is 1.50 bits per heavy atom. The first-order valence-corrected chi connectivity index (χ1v) is 8.21. The second-order valence-electron chi connectivity index (χ2n) is 4.57. The summed E-state index contributed by atoms with van der Waals surface area (Å²) in [5, 5.41) is 11.9. The third-order valence-corrected chi connectivity index (χ3v) is 4.32. The summed E-state index contributed by atoms with van der Waals surface area (Å²) in [4.78, 5) is 16.0. The minimum absolute atomic E-state index is 0.286. The molecule has 0 aromatic carbocycles. The van der Waals surface area contributed by atoms with Crippen LogP contribution in [0.15, 0.2) is 5.16 Å². The molecule has 0 radical (unpaired) electrons. The van der Waals surface area contributed by atoms with Gasteiger partial charge in [0.15, 0.2) is 5.82 Å². The number of ether oxygens (including phenoxy) is 1. The lowest BCUT2D eigenvalue weighted by Gasteiger charge is -2.06. The van der Waals surface area contributed by atoms with Crippen molar-refractivity contribution in [1.82, 2.24) is 25.0 Å². The molecule has 0 bridgehead atoms. The highest BCUT2D eigenvalue weighted by Gasteiger charge is 2.21. The SMILES string of the molecule is CCOC(=O)C(C)Sc1n[nH]c(-c2c(Cl)c(CC)nn2C)n1. The fourth-order valence-electron chi connectivity index (χ4n) is 1.91. The highest BCUT2D eigenvalue weighted by Crippen LogP contribution is 2.30. The molecule has 0 fully saturated rings. The third-order valence-electron chi connectivity index (χ3n) is 2.98. The number of H-pyrrole nitrogens is 1. The van der Waals surface area contributed by atoms with E-state index in [9.17, 15) is 4.79 Å². The topological polar surface area (TPSA) is 85.7 Å². The molecule has 2 aromatic rings. The minimum Gasteiger partial charge on any atom is -0.465 e. The molecule has 1 atom stereocenters. The molecule has 0 spiro atoms. The van der Waals surface area contributed by atoms with Crippen molar-refractivity contribution in [3.8, 4) is 11.5 Å². The Morgan fingerprint density at radius 2 is 2.23 bits per heavy atom. The van der Waals surface area contributed by atoms with Gasteiger partial charge in [0.25, 0.3) is 0 Å². The molecule has 2 rings (SSSR count). The summed E-state index contributed by atoms with van der Waals surface area (Å²) >= 11 is 7.55. The first kappa shape index (κ1) is 16.8. The van der Waals surface area contributed by atoms with E-state index < -0.39 is 0 Å². The van der Waals surface area contributed by atoms with Crippen molar-refractivity contribution in [2.24, 2.45) is 7.05 Å². The summed E-state index contributed by atoms with van der Waals surface area (Å²) in [7, 11) is 1.80. The third kappa shape index (κ3) is 3.44. The number of thioether (sulfide) groups is 1. The van der Waals surface area contributed by atoms with Gasteiger partial charge in [-0.25, -0.2) is 0 Å². The molecular formula is C13H18ClN5O2S. The summed E-state index contributed by atoms with van der Waals surface area (Å²) in [6.07, 6.45) is 0.738. The molecule has 1 N–H and O–H groups in total. The van der Waals surface area contributed by atoms with Gasteiger partial charge in [-0.05, 0) is 20.3 Å². The van der Waals surface area contributed by atoms with Crippen LogP contribution in [-0.4, -0.2) is 42.8 Å². The molecule has 0 saturated carbocycles. The molecule has 0 aliphatic heterocycles. The van der Waals surface area contributed by atoms with E-state index >= 15 is 0 Å². The van der Waals surface area contributed by atoms with Gasteiger partial charge < -0.3 is 4.74 Å². The summed E-state index contributed by atoms with van der Waals surface area (Å²) in [6, 6.07) is 0. The molecule has 9 heteroatoms. The number of halogens is 1. The van der Waals surface area contributed by atoms with Gasteiger partial charge in [-0.1, -0.05) is 30.3 Å². The van der Waals surface area contributed by atoms with Crippen LogP contribution in [0.3, 0.4) is 0 Å². The zero-order valence-corrected chi connectivity index (χ0v) is 14.5. The van der Waals surface area contributed by atoms with E-state index in [1.54, 1.807) is 25.6 Å². The van der Waals surface area contributed by atoms with E-state index in [2.05, 4.69) is 20.3 Å². The van der Waals surface area contributed by atoms with E-state index in [0.717, 1.165) is 12.1 Å². The van der Waals surface area contributed by atoms with Gasteiger partial charge in [0, 0.05) is 7.05 Å². The fourth-order valence-corrected chi connectivity index (χ4v) is 3.01. The van der Waals surface area contributed by atoms with Gasteiger partial charge in [-0.3, -0.25) is 14.6 Å². The quantitative estimate of drug-likeness (QED) is 0.640. The zero-order chi connectivity index (χ0) is 16.3. The van der Waals surface area contributed by atoms with Crippen molar-refractivity contribution < 1.29 is 9.53 Å². The maximum atomic E-state index is 11.6. The van der Waals surface area contributed by atoms with E-state index in [1.807, 2.05) is 6.92 Å². The van der Waals surface area contributed by atoms with Crippen molar-refractivity contribution in [3.63, 3.8) is 0 Å². The molecule has 0 aliphatic carbocycles. The van der Waals surface area contributed by atoms with E-state index in [4.69, 9.17) is 16.3 Å². The van der Waals surface area contributed by atoms with Crippen LogP contribution in [0, 0.1) is 0 Å². The van der Waals surface area contributed by atoms with Crippen molar-refractivity contribution >= 4 is 29.3 Å². The molecule has 0 saturated heterocycles. The molecule has 0 aliphatic rings. The number of hydrogen-bond acceptors (Lipinski definition) is 6. The Kier molecular flexibility index (Phi) is 5.47. The predicted molar refractivity (Wildman–Crippen MR) is 84.9 cm³/mol. The van der Waals surface area contributed by atoms with Gasteiger partial charge in [-0.2, -0.15) is 10.1 Å². The number of carbonyl (C=O) groups excluding carboxylic acids is 1. The fraction of sp³-hybridized carbons (Fsp3) is 0.538. The van der Waals surface area contributed by atoms with Crippen LogP contribution < -0.4 is 0 Å². The minimum atomic E-state index is -0.378. The molecule has 22 heavy (non-hydrogen) atoms. The second-order valence-corrected chi connectivity index (χ2v) is 6.25. The first-order chi connectivity index (χ1) is 10.5. The van der Waals surface area contributed by atoms with Crippen molar-refractivity contribution in [1.29, 1.82) is 0 Å². The monoisotopic (exact) mass is 343 g/mol. The Balaban J connectivity index is 2.18. The number of esters is 1. The number of aryl methyl sites for hydroxylation is 2. The molecular weight excluding hydrogens is 326 g/mol. The summed E-state index contributed by atoms with van der Waals surface area (Å²) in [6.45, 7) is 5.87. The lowest BCUT2D eigenvalue weighted by atomic mass is 10.3. The maximum absolute atomic E-state index is 11.6. The van der Waals surface area contributed by atoms with Gasteiger partial charge in [0.1, 0.15) is 10.9 Å². The molecule has 2 heterocycles. The van der Waals surface area contributed by atoms with E-state index in [0.29, 0.717) is 28.3 Å². The number of rotatable bonds is 6. The zero-order valence-electron chi connectivity index (χ0n) is 12.9. The van der Waals surface area contributed by atoms with Crippen LogP contribution in [0.2, 0.25) is 5.02 Å². The van der Waals surface area contributed by atoms with Crippen molar-refractivity contribution in [3.05, 3.63) is 10.7 Å². The Hall–Kier alpha value is -1.54. The highest BCUT2D eigenvalue weighted by atomic mass is 35.5. The molecule has 0 amide bonds. The summed E-state index contributed by atoms with van der Waals surface area (Å²) < 4.78 is 6.63. The Morgan fingerprint density at radius 3 is 2.82 bits per heavy atom. The predicted octanol–water partition coefficient (Wildman–Crippen LogP) is 2.46. The van der Waals surface area contributed by atoms with Gasteiger partial charge in [-0.15, -0.1) is 5.10 Å². The van der Waals surface area contributed by atoms with E-state index in [1.165, 1.54) is 11.8 Å². The number of aromatic amines is 1. The lowest BCUT2D eigenvalue weighted by molar-refractivity contribution is -0.142. The Labute approximate surface area is 137 Å². The van der Waals surface area contributed by atoms with Crippen molar-refractivity contribution in [2.75, 3.05) is 6.61 Å². The number of nitrogens with zero attached hydrogens (tertiary/aromatic N) is 4. The summed E-state index contributed by atoms with van der Waals surface area (Å²) in [5.74, 6) is 0.240.